The molecule has 1 aliphatic heterocycles. The topological polar surface area (TPSA) is 78.5 Å². The smallest absolute Gasteiger partial charge is 0.322 e. The number of para-hydroxylation sites is 1. The number of urea groups is 1. The molecule has 2 N–H and O–H groups in total. The van der Waals surface area contributed by atoms with Crippen molar-refractivity contribution in [3.8, 4) is 0 Å². The Hall–Kier alpha value is -3.22. The standard InChI is InChI=1S/C20H18FN3O3/c21-15-9-3-4-10-16(15)22-17(25)12-24-18(26)20(23-19(24)27)11-5-7-13-6-1-2-8-14(13)20/h1-4,6,8-10H,5,7,11-12H2,(H,22,25)(H,23,27)/t20-/m1/s1. The Labute approximate surface area is 155 Å². The van der Waals surface area contributed by atoms with Crippen molar-refractivity contribution in [2.24, 2.45) is 0 Å². The van der Waals surface area contributed by atoms with Crippen LogP contribution < -0.4 is 10.6 Å². The third-order valence-electron chi connectivity index (χ3n) is 5.10. The van der Waals surface area contributed by atoms with E-state index in [9.17, 15) is 18.8 Å². The Kier molecular flexibility index (Phi) is 4.14. The maximum absolute atomic E-state index is 13.7. The Morgan fingerprint density at radius 2 is 1.89 bits per heavy atom. The molecule has 0 aromatic heterocycles. The van der Waals surface area contributed by atoms with Crippen molar-refractivity contribution in [1.82, 2.24) is 10.2 Å². The van der Waals surface area contributed by atoms with E-state index in [2.05, 4.69) is 10.6 Å². The van der Waals surface area contributed by atoms with Gasteiger partial charge < -0.3 is 10.6 Å². The van der Waals surface area contributed by atoms with Crippen molar-refractivity contribution in [3.63, 3.8) is 0 Å². The molecule has 2 aromatic carbocycles. The van der Waals surface area contributed by atoms with Crippen molar-refractivity contribution in [2.75, 3.05) is 11.9 Å². The molecular weight excluding hydrogens is 349 g/mol. The first-order valence-corrected chi connectivity index (χ1v) is 8.78. The van der Waals surface area contributed by atoms with Gasteiger partial charge in [0.1, 0.15) is 17.9 Å². The van der Waals surface area contributed by atoms with Gasteiger partial charge in [0.2, 0.25) is 5.91 Å². The number of carbonyl (C=O) groups excluding carboxylic acids is 3. The van der Waals surface area contributed by atoms with Crippen LogP contribution in [-0.2, 0) is 21.5 Å². The minimum absolute atomic E-state index is 0.00674. The lowest BCUT2D eigenvalue weighted by atomic mass is 9.76. The number of imide groups is 1. The third-order valence-corrected chi connectivity index (χ3v) is 5.10. The molecule has 0 radical (unpaired) electrons. The van der Waals surface area contributed by atoms with Gasteiger partial charge in [-0.1, -0.05) is 36.4 Å². The van der Waals surface area contributed by atoms with Crippen molar-refractivity contribution in [3.05, 3.63) is 65.5 Å². The van der Waals surface area contributed by atoms with Crippen LogP contribution in [0.15, 0.2) is 48.5 Å². The molecular formula is C20H18FN3O3. The Morgan fingerprint density at radius 3 is 2.70 bits per heavy atom. The fraction of sp³-hybridized carbons (Fsp3) is 0.250. The van der Waals surface area contributed by atoms with Crippen LogP contribution in [0.4, 0.5) is 14.9 Å². The summed E-state index contributed by atoms with van der Waals surface area (Å²) in [6, 6.07) is 12.6. The number of anilines is 1. The summed E-state index contributed by atoms with van der Waals surface area (Å²) >= 11 is 0. The number of nitrogens with one attached hydrogen (secondary N) is 2. The van der Waals surface area contributed by atoms with Crippen LogP contribution in [0.3, 0.4) is 0 Å². The first-order chi connectivity index (χ1) is 13.0. The number of aryl methyl sites for hydroxylation is 1. The van der Waals surface area contributed by atoms with Gasteiger partial charge in [0.05, 0.1) is 5.69 Å². The number of fused-ring (bicyclic) bond motifs is 2. The molecule has 0 bridgehead atoms. The summed E-state index contributed by atoms with van der Waals surface area (Å²) in [7, 11) is 0. The highest BCUT2D eigenvalue weighted by Gasteiger charge is 2.54. The van der Waals surface area contributed by atoms with E-state index in [0.717, 1.165) is 28.9 Å². The maximum Gasteiger partial charge on any atom is 0.325 e. The van der Waals surface area contributed by atoms with Gasteiger partial charge in [0, 0.05) is 0 Å². The highest BCUT2D eigenvalue weighted by molar-refractivity contribution is 6.10. The number of rotatable bonds is 3. The van der Waals surface area contributed by atoms with Crippen LogP contribution in [0.2, 0.25) is 0 Å². The number of halogens is 1. The Balaban J connectivity index is 1.56. The van der Waals surface area contributed by atoms with Crippen LogP contribution in [-0.4, -0.2) is 29.3 Å². The van der Waals surface area contributed by atoms with Gasteiger partial charge in [-0.3, -0.25) is 14.5 Å². The number of benzene rings is 2. The molecule has 1 aliphatic carbocycles. The molecule has 7 heteroatoms. The molecule has 4 rings (SSSR count). The minimum atomic E-state index is -1.12. The summed E-state index contributed by atoms with van der Waals surface area (Å²) in [5, 5.41) is 5.19. The molecule has 1 fully saturated rings. The zero-order valence-electron chi connectivity index (χ0n) is 14.5. The van der Waals surface area contributed by atoms with Crippen LogP contribution in [0.25, 0.3) is 0 Å². The Morgan fingerprint density at radius 1 is 1.15 bits per heavy atom. The molecule has 27 heavy (non-hydrogen) atoms. The highest BCUT2D eigenvalue weighted by atomic mass is 19.1. The molecule has 1 saturated heterocycles. The quantitative estimate of drug-likeness (QED) is 0.819. The average molecular weight is 367 g/mol. The predicted molar refractivity (Wildman–Crippen MR) is 96.3 cm³/mol. The fourth-order valence-electron chi connectivity index (χ4n) is 3.85. The van der Waals surface area contributed by atoms with E-state index in [1.54, 1.807) is 6.07 Å². The zero-order valence-corrected chi connectivity index (χ0v) is 14.5. The normalized spacial score (nSPS) is 21.1. The van der Waals surface area contributed by atoms with Crippen LogP contribution in [0, 0.1) is 5.82 Å². The molecule has 138 valence electrons. The zero-order chi connectivity index (χ0) is 19.0. The Bertz CT molecular complexity index is 946. The summed E-state index contributed by atoms with van der Waals surface area (Å²) < 4.78 is 13.7. The lowest BCUT2D eigenvalue weighted by Crippen LogP contribution is -2.47. The maximum atomic E-state index is 13.7. The minimum Gasteiger partial charge on any atom is -0.322 e. The van der Waals surface area contributed by atoms with Gasteiger partial charge in [0.25, 0.3) is 5.91 Å². The van der Waals surface area contributed by atoms with E-state index < -0.39 is 35.7 Å². The number of hydrogen-bond donors (Lipinski definition) is 2. The summed E-state index contributed by atoms with van der Waals surface area (Å²) in [5.74, 6) is -1.66. The molecule has 1 spiro atoms. The van der Waals surface area contributed by atoms with Crippen LogP contribution in [0.5, 0.6) is 0 Å². The molecule has 6 nitrogen and oxygen atoms in total. The molecule has 4 amide bonds. The predicted octanol–water partition coefficient (Wildman–Crippen LogP) is 2.55. The van der Waals surface area contributed by atoms with Crippen molar-refractivity contribution < 1.29 is 18.8 Å². The first-order valence-electron chi connectivity index (χ1n) is 8.78. The summed E-state index contributed by atoms with van der Waals surface area (Å²) in [4.78, 5) is 38.7. The highest BCUT2D eigenvalue weighted by Crippen LogP contribution is 2.39. The van der Waals surface area contributed by atoms with E-state index in [-0.39, 0.29) is 5.69 Å². The fourth-order valence-corrected chi connectivity index (χ4v) is 3.85. The average Bonchev–Trinajstić information content (AvgIpc) is 2.89. The van der Waals surface area contributed by atoms with Crippen molar-refractivity contribution >= 4 is 23.5 Å². The molecule has 0 unspecified atom stereocenters. The number of hydrogen-bond acceptors (Lipinski definition) is 3. The van der Waals surface area contributed by atoms with Crippen molar-refractivity contribution in [1.29, 1.82) is 0 Å². The second kappa shape index (κ2) is 6.50. The second-order valence-corrected chi connectivity index (χ2v) is 6.77. The lowest BCUT2D eigenvalue weighted by molar-refractivity contribution is -0.134. The molecule has 1 heterocycles. The third kappa shape index (κ3) is 2.85. The van der Waals surface area contributed by atoms with Crippen molar-refractivity contribution in [2.45, 2.75) is 24.8 Å². The number of nitrogens with zero attached hydrogens (tertiary/aromatic N) is 1. The van der Waals surface area contributed by atoms with Gasteiger partial charge in [-0.05, 0) is 42.5 Å². The van der Waals surface area contributed by atoms with Gasteiger partial charge >= 0.3 is 6.03 Å². The van der Waals surface area contributed by atoms with Gasteiger partial charge in [-0.15, -0.1) is 0 Å². The SMILES string of the molecule is O=C(CN1C(=O)N[C@@]2(CCCc3ccccc32)C1=O)Nc1ccccc1F. The van der Waals surface area contributed by atoms with Crippen LogP contribution in [0.1, 0.15) is 24.0 Å². The van der Waals surface area contributed by atoms with Gasteiger partial charge in [-0.25, -0.2) is 9.18 Å². The number of carbonyl (C=O) groups is 3. The molecule has 1 atom stereocenters. The summed E-state index contributed by atoms with van der Waals surface area (Å²) in [5.41, 5.74) is 0.693. The summed E-state index contributed by atoms with van der Waals surface area (Å²) in [6.45, 7) is -0.469. The number of amides is 4. The second-order valence-electron chi connectivity index (χ2n) is 6.77. The summed E-state index contributed by atoms with van der Waals surface area (Å²) in [6.07, 6.45) is 2.09. The monoisotopic (exact) mass is 367 g/mol. The van der Waals surface area contributed by atoms with Crippen LogP contribution >= 0.6 is 0 Å². The molecule has 0 saturated carbocycles. The lowest BCUT2D eigenvalue weighted by Gasteiger charge is -2.33. The van der Waals surface area contributed by atoms with E-state index in [1.807, 2.05) is 24.3 Å². The first kappa shape index (κ1) is 17.2. The van der Waals surface area contributed by atoms with E-state index in [0.29, 0.717) is 6.42 Å². The van der Waals surface area contributed by atoms with E-state index in [1.165, 1.54) is 18.2 Å². The van der Waals surface area contributed by atoms with E-state index >= 15 is 0 Å². The molecule has 2 aromatic rings. The van der Waals surface area contributed by atoms with E-state index in [4.69, 9.17) is 0 Å². The molecule has 2 aliphatic rings. The van der Waals surface area contributed by atoms with Gasteiger partial charge in [-0.2, -0.15) is 0 Å². The largest absolute Gasteiger partial charge is 0.325 e. The van der Waals surface area contributed by atoms with Gasteiger partial charge in [0.15, 0.2) is 0 Å².